The van der Waals surface area contributed by atoms with Crippen LogP contribution in [0.3, 0.4) is 0 Å². The summed E-state index contributed by atoms with van der Waals surface area (Å²) in [6, 6.07) is 14.2. The van der Waals surface area contributed by atoms with Gasteiger partial charge < -0.3 is 0 Å². The first-order valence-corrected chi connectivity index (χ1v) is 5.08. The van der Waals surface area contributed by atoms with Gasteiger partial charge in [0.05, 0.1) is 5.69 Å². The van der Waals surface area contributed by atoms with Gasteiger partial charge in [0.1, 0.15) is 5.82 Å². The molecule has 0 aliphatic heterocycles. The number of para-hydroxylation sites is 1. The second kappa shape index (κ2) is 6.14. The lowest BCUT2D eigenvalue weighted by atomic mass is 10.2. The summed E-state index contributed by atoms with van der Waals surface area (Å²) in [5.41, 5.74) is 0.776. The number of benzene rings is 2. The molecule has 5 heteroatoms. The van der Waals surface area contributed by atoms with Crippen molar-refractivity contribution in [2.24, 2.45) is 5.84 Å². The van der Waals surface area contributed by atoms with Gasteiger partial charge in [0.15, 0.2) is 0 Å². The van der Waals surface area contributed by atoms with Gasteiger partial charge in [-0.05, 0) is 30.3 Å². The lowest BCUT2D eigenvalue weighted by Crippen LogP contribution is -2.37. The van der Waals surface area contributed by atoms with E-state index >= 15 is 0 Å². The number of nitrogens with zero attached hydrogens (tertiary/aromatic N) is 1. The van der Waals surface area contributed by atoms with Gasteiger partial charge in [-0.25, -0.2) is 15.2 Å². The summed E-state index contributed by atoms with van der Waals surface area (Å²) in [5.74, 6) is 4.77. The molecule has 0 aliphatic carbocycles. The topological polar surface area (TPSA) is 46.3 Å². The van der Waals surface area contributed by atoms with Crippen molar-refractivity contribution in [3.63, 3.8) is 0 Å². The van der Waals surface area contributed by atoms with Gasteiger partial charge in [-0.2, -0.15) is 0 Å². The largest absolute Gasteiger partial charge is 0.272 e. The normalized spacial score (nSPS) is 9.44. The van der Waals surface area contributed by atoms with Crippen LogP contribution in [0.25, 0.3) is 0 Å². The van der Waals surface area contributed by atoms with Crippen LogP contribution in [-0.4, -0.2) is 5.91 Å². The predicted molar refractivity (Wildman–Crippen MR) is 71.1 cm³/mol. The van der Waals surface area contributed by atoms with Gasteiger partial charge in [-0.15, -0.1) is 12.4 Å². The molecule has 2 aromatic carbocycles. The summed E-state index contributed by atoms with van der Waals surface area (Å²) in [6.45, 7) is 0. The van der Waals surface area contributed by atoms with E-state index in [1.54, 1.807) is 24.3 Å². The van der Waals surface area contributed by atoms with Crippen LogP contribution in [0.2, 0.25) is 0 Å². The third kappa shape index (κ3) is 3.06. The van der Waals surface area contributed by atoms with E-state index in [2.05, 4.69) is 0 Å². The predicted octanol–water partition coefficient (Wildman–Crippen LogP) is 2.77. The van der Waals surface area contributed by atoms with E-state index in [1.807, 2.05) is 6.07 Å². The first-order valence-electron chi connectivity index (χ1n) is 5.08. The van der Waals surface area contributed by atoms with Gasteiger partial charge in [0, 0.05) is 5.56 Å². The first kappa shape index (κ1) is 14.2. The van der Waals surface area contributed by atoms with Gasteiger partial charge in [-0.1, -0.05) is 24.3 Å². The zero-order valence-electron chi connectivity index (χ0n) is 9.42. The summed E-state index contributed by atoms with van der Waals surface area (Å²) < 4.78 is 13.0. The Morgan fingerprint density at radius 1 is 1.06 bits per heavy atom. The summed E-state index contributed by atoms with van der Waals surface area (Å²) >= 11 is 0. The van der Waals surface area contributed by atoms with E-state index in [4.69, 9.17) is 5.84 Å². The zero-order chi connectivity index (χ0) is 12.3. The van der Waals surface area contributed by atoms with Crippen LogP contribution in [0.15, 0.2) is 54.6 Å². The van der Waals surface area contributed by atoms with E-state index in [0.717, 1.165) is 11.1 Å². The molecule has 0 bridgehead atoms. The van der Waals surface area contributed by atoms with E-state index in [1.165, 1.54) is 18.2 Å². The molecule has 0 radical (unpaired) electrons. The Labute approximate surface area is 110 Å². The average Bonchev–Trinajstić information content (AvgIpc) is 2.38. The maximum Gasteiger partial charge on any atom is 0.272 e. The van der Waals surface area contributed by atoms with Crippen LogP contribution >= 0.6 is 12.4 Å². The molecular weight excluding hydrogens is 255 g/mol. The summed E-state index contributed by atoms with van der Waals surface area (Å²) in [4.78, 5) is 11.9. The fraction of sp³-hybridized carbons (Fsp3) is 0. The van der Waals surface area contributed by atoms with Crippen LogP contribution in [0, 0.1) is 5.82 Å². The fourth-order valence-corrected chi connectivity index (χ4v) is 1.47. The van der Waals surface area contributed by atoms with Crippen LogP contribution in [0.5, 0.6) is 0 Å². The highest BCUT2D eigenvalue weighted by molar-refractivity contribution is 6.05. The Hall–Kier alpha value is -1.91. The summed E-state index contributed by atoms with van der Waals surface area (Å²) in [5, 5.41) is 0.995. The minimum absolute atomic E-state index is 0. The highest BCUT2D eigenvalue weighted by Gasteiger charge is 2.14. The molecule has 0 spiro atoms. The quantitative estimate of drug-likeness (QED) is 0.516. The van der Waals surface area contributed by atoms with Gasteiger partial charge >= 0.3 is 0 Å². The zero-order valence-corrected chi connectivity index (χ0v) is 10.2. The van der Waals surface area contributed by atoms with Crippen molar-refractivity contribution in [3.8, 4) is 0 Å². The highest BCUT2D eigenvalue weighted by atomic mass is 35.5. The number of anilines is 1. The lowest BCUT2D eigenvalue weighted by Gasteiger charge is -2.16. The molecule has 0 atom stereocenters. The molecule has 0 saturated carbocycles. The molecule has 0 saturated heterocycles. The second-order valence-electron chi connectivity index (χ2n) is 3.52. The van der Waals surface area contributed by atoms with Crippen molar-refractivity contribution in [1.82, 2.24) is 0 Å². The smallest absolute Gasteiger partial charge is 0.267 e. The second-order valence-corrected chi connectivity index (χ2v) is 3.52. The van der Waals surface area contributed by atoms with Gasteiger partial charge in [0.25, 0.3) is 5.91 Å². The number of rotatable bonds is 2. The van der Waals surface area contributed by atoms with Crippen LogP contribution in [0.1, 0.15) is 10.4 Å². The Balaban J connectivity index is 0.00000162. The molecule has 0 aromatic heterocycles. The van der Waals surface area contributed by atoms with Crippen molar-refractivity contribution >= 4 is 24.0 Å². The van der Waals surface area contributed by atoms with E-state index in [0.29, 0.717) is 5.69 Å². The maximum atomic E-state index is 13.0. The number of hydrogen-bond donors (Lipinski definition) is 1. The van der Waals surface area contributed by atoms with Gasteiger partial charge in [-0.3, -0.25) is 4.79 Å². The molecule has 2 aromatic rings. The molecule has 0 fully saturated rings. The third-order valence-corrected chi connectivity index (χ3v) is 2.32. The molecule has 2 N–H and O–H groups in total. The Morgan fingerprint density at radius 3 is 2.33 bits per heavy atom. The number of hydrazine groups is 1. The number of hydrogen-bond acceptors (Lipinski definition) is 2. The van der Waals surface area contributed by atoms with E-state index in [9.17, 15) is 9.18 Å². The van der Waals surface area contributed by atoms with E-state index in [-0.39, 0.29) is 18.0 Å². The molecule has 2 rings (SSSR count). The summed E-state index contributed by atoms with van der Waals surface area (Å²) in [7, 11) is 0. The first-order chi connectivity index (χ1) is 8.18. The number of carbonyl (C=O) groups excluding carboxylic acids is 1. The van der Waals surface area contributed by atoms with Crippen LogP contribution in [0.4, 0.5) is 10.1 Å². The standard InChI is InChI=1S/C13H11FN2O.ClH/c14-11-6-4-5-10(9-11)13(17)16(15)12-7-2-1-3-8-12;/h1-9H,15H2;1H. The van der Waals surface area contributed by atoms with Crippen molar-refractivity contribution in [1.29, 1.82) is 0 Å². The highest BCUT2D eigenvalue weighted by Crippen LogP contribution is 2.13. The van der Waals surface area contributed by atoms with Gasteiger partial charge in [0.2, 0.25) is 0 Å². The van der Waals surface area contributed by atoms with Crippen LogP contribution < -0.4 is 10.9 Å². The molecule has 0 heterocycles. The average molecular weight is 267 g/mol. The van der Waals surface area contributed by atoms with Crippen LogP contribution in [-0.2, 0) is 0 Å². The maximum absolute atomic E-state index is 13.0. The molecule has 0 aliphatic rings. The SMILES string of the molecule is Cl.NN(C(=O)c1cccc(F)c1)c1ccccc1. The molecule has 18 heavy (non-hydrogen) atoms. The van der Waals surface area contributed by atoms with Crippen molar-refractivity contribution in [2.45, 2.75) is 0 Å². The molecule has 0 unspecified atom stereocenters. The Kier molecular flexibility index (Phi) is 4.83. The fourth-order valence-electron chi connectivity index (χ4n) is 1.47. The molecule has 3 nitrogen and oxygen atoms in total. The monoisotopic (exact) mass is 266 g/mol. The number of carbonyl (C=O) groups is 1. The molecule has 94 valence electrons. The minimum atomic E-state index is -0.461. The lowest BCUT2D eigenvalue weighted by molar-refractivity contribution is 0.0986. The van der Waals surface area contributed by atoms with Crippen molar-refractivity contribution in [3.05, 3.63) is 66.0 Å². The van der Waals surface area contributed by atoms with E-state index < -0.39 is 11.7 Å². The third-order valence-electron chi connectivity index (χ3n) is 2.32. The summed E-state index contributed by atoms with van der Waals surface area (Å²) in [6.07, 6.45) is 0. The minimum Gasteiger partial charge on any atom is -0.267 e. The molecular formula is C13H12ClFN2O. The molecule has 1 amide bonds. The number of nitrogens with two attached hydrogens (primary N) is 1. The Morgan fingerprint density at radius 2 is 1.72 bits per heavy atom. The number of halogens is 2. The number of amides is 1. The van der Waals surface area contributed by atoms with Crippen molar-refractivity contribution in [2.75, 3.05) is 5.01 Å². The Bertz CT molecular complexity index is 534. The van der Waals surface area contributed by atoms with Crippen molar-refractivity contribution < 1.29 is 9.18 Å².